The maximum Gasteiger partial charge on any atom is 0.266 e. The van der Waals surface area contributed by atoms with Crippen LogP contribution < -0.4 is 0 Å². The highest BCUT2D eigenvalue weighted by molar-refractivity contribution is 5.67. The van der Waals surface area contributed by atoms with Gasteiger partial charge in [0.2, 0.25) is 0 Å². The van der Waals surface area contributed by atoms with E-state index in [1.807, 2.05) is 0 Å². The van der Waals surface area contributed by atoms with E-state index >= 15 is 0 Å². The molecule has 0 N–H and O–H groups in total. The zero-order valence-electron chi connectivity index (χ0n) is 9.84. The van der Waals surface area contributed by atoms with Crippen LogP contribution in [0.1, 0.15) is 5.56 Å². The molecule has 0 heterocycles. The topological polar surface area (TPSA) is 0 Å². The van der Waals surface area contributed by atoms with Gasteiger partial charge in [0.25, 0.3) is 6.08 Å². The predicted molar refractivity (Wildman–Crippen MR) is 65.8 cm³/mol. The Morgan fingerprint density at radius 1 is 0.895 bits per heavy atom. The fourth-order valence-corrected chi connectivity index (χ4v) is 1.83. The van der Waals surface area contributed by atoms with Crippen LogP contribution in [0.25, 0.3) is 11.1 Å². The van der Waals surface area contributed by atoms with E-state index in [9.17, 15) is 17.6 Å². The smallest absolute Gasteiger partial charge is 0.207 e. The molecular weight excluding hydrogens is 256 g/mol. The lowest BCUT2D eigenvalue weighted by atomic mass is 9.97. The minimum atomic E-state index is -1.81. The molecule has 2 aromatic carbocycles. The molecule has 0 amide bonds. The molecule has 0 unspecified atom stereocenters. The van der Waals surface area contributed by atoms with Gasteiger partial charge in [0, 0.05) is 0 Å². The molecule has 0 aliphatic carbocycles. The molecule has 0 saturated heterocycles. The van der Waals surface area contributed by atoms with Crippen molar-refractivity contribution in [3.8, 4) is 11.1 Å². The summed E-state index contributed by atoms with van der Waals surface area (Å²) in [4.78, 5) is 0. The van der Waals surface area contributed by atoms with Crippen LogP contribution in [0.5, 0.6) is 0 Å². The second kappa shape index (κ2) is 5.69. The summed E-state index contributed by atoms with van der Waals surface area (Å²) in [6.45, 7) is 0. The van der Waals surface area contributed by atoms with Gasteiger partial charge in [0.05, 0.1) is 0 Å². The fourth-order valence-electron chi connectivity index (χ4n) is 1.83. The molecule has 0 saturated carbocycles. The third-order valence-electron chi connectivity index (χ3n) is 2.70. The first-order valence-electron chi connectivity index (χ1n) is 5.62. The molecule has 0 radical (unpaired) electrons. The Hall–Kier alpha value is -2.10. The van der Waals surface area contributed by atoms with Crippen molar-refractivity contribution >= 4 is 0 Å². The zero-order chi connectivity index (χ0) is 13.8. The summed E-state index contributed by atoms with van der Waals surface area (Å²) >= 11 is 0. The summed E-state index contributed by atoms with van der Waals surface area (Å²) in [6, 6.07) is 9.56. The zero-order valence-corrected chi connectivity index (χ0v) is 9.84. The Balaban J connectivity index is 2.44. The number of hydrogen-bond donors (Lipinski definition) is 0. The van der Waals surface area contributed by atoms with Gasteiger partial charge in [-0.15, -0.1) is 0 Å². The Labute approximate surface area is 108 Å². The summed E-state index contributed by atoms with van der Waals surface area (Å²) in [6.07, 6.45) is -1.16. The van der Waals surface area contributed by atoms with E-state index in [0.29, 0.717) is 16.7 Å². The molecule has 0 spiro atoms. The van der Waals surface area contributed by atoms with E-state index in [-0.39, 0.29) is 12.2 Å². The van der Waals surface area contributed by atoms with Crippen LogP contribution in [0.4, 0.5) is 17.6 Å². The lowest BCUT2D eigenvalue weighted by Crippen LogP contribution is -1.91. The maximum atomic E-state index is 13.2. The lowest BCUT2D eigenvalue weighted by Gasteiger charge is -2.08. The van der Waals surface area contributed by atoms with Crippen molar-refractivity contribution in [1.82, 2.24) is 0 Å². The molecular formula is C15H10F4. The Kier molecular flexibility index (Phi) is 4.00. The standard InChI is InChI=1S/C15H10F4/c16-12-4-1-10(2-5-12)14-7-6-13(17)9-11(14)3-8-15(18)19/h1-2,4-9H,3H2. The quantitative estimate of drug-likeness (QED) is 0.689. The van der Waals surface area contributed by atoms with E-state index in [1.165, 1.54) is 42.5 Å². The normalized spacial score (nSPS) is 10.3. The average molecular weight is 266 g/mol. The first-order valence-corrected chi connectivity index (χ1v) is 5.62. The predicted octanol–water partition coefficient (Wildman–Crippen LogP) is 4.95. The molecule has 0 aliphatic rings. The van der Waals surface area contributed by atoms with Gasteiger partial charge in [-0.25, -0.2) is 8.78 Å². The van der Waals surface area contributed by atoms with Gasteiger partial charge in [-0.2, -0.15) is 8.78 Å². The summed E-state index contributed by atoms with van der Waals surface area (Å²) in [5.41, 5.74) is 1.70. The molecule has 0 nitrogen and oxygen atoms in total. The van der Waals surface area contributed by atoms with E-state index in [1.54, 1.807) is 0 Å². The minimum Gasteiger partial charge on any atom is -0.207 e. The minimum absolute atomic E-state index is 0.0766. The number of rotatable bonds is 3. The fraction of sp³-hybridized carbons (Fsp3) is 0.0667. The summed E-state index contributed by atoms with van der Waals surface area (Å²) in [7, 11) is 0. The van der Waals surface area contributed by atoms with Gasteiger partial charge >= 0.3 is 0 Å². The van der Waals surface area contributed by atoms with Gasteiger partial charge in [-0.1, -0.05) is 18.2 Å². The molecule has 2 aromatic rings. The third-order valence-corrected chi connectivity index (χ3v) is 2.70. The maximum absolute atomic E-state index is 13.2. The number of halogens is 4. The van der Waals surface area contributed by atoms with Crippen LogP contribution in [-0.2, 0) is 6.42 Å². The highest BCUT2D eigenvalue weighted by Crippen LogP contribution is 2.26. The molecule has 0 fully saturated rings. The number of benzene rings is 2. The van der Waals surface area contributed by atoms with Crippen molar-refractivity contribution in [2.45, 2.75) is 6.42 Å². The van der Waals surface area contributed by atoms with Crippen LogP contribution in [0.2, 0.25) is 0 Å². The van der Waals surface area contributed by atoms with Crippen LogP contribution in [0, 0.1) is 11.6 Å². The van der Waals surface area contributed by atoms with E-state index in [4.69, 9.17) is 0 Å². The SMILES string of the molecule is FC(F)=CCc1cc(F)ccc1-c1ccc(F)cc1. The highest BCUT2D eigenvalue weighted by Gasteiger charge is 2.07. The summed E-state index contributed by atoms with van der Waals surface area (Å²) in [5, 5.41) is 0. The molecule has 0 atom stereocenters. The summed E-state index contributed by atoms with van der Waals surface area (Å²) < 4.78 is 50.3. The van der Waals surface area contributed by atoms with Crippen molar-refractivity contribution in [3.05, 3.63) is 71.8 Å². The van der Waals surface area contributed by atoms with Gasteiger partial charge in [0.15, 0.2) is 0 Å². The second-order valence-electron chi connectivity index (χ2n) is 4.01. The van der Waals surface area contributed by atoms with Crippen molar-refractivity contribution in [2.24, 2.45) is 0 Å². The molecule has 2 rings (SSSR count). The largest absolute Gasteiger partial charge is 0.266 e. The Bertz CT molecular complexity index is 596. The van der Waals surface area contributed by atoms with Crippen LogP contribution in [0.3, 0.4) is 0 Å². The van der Waals surface area contributed by atoms with Gasteiger partial charge in [0.1, 0.15) is 11.6 Å². The van der Waals surface area contributed by atoms with Crippen molar-refractivity contribution in [2.75, 3.05) is 0 Å². The molecule has 0 aliphatic heterocycles. The van der Waals surface area contributed by atoms with Gasteiger partial charge in [-0.05, 0) is 53.5 Å². The highest BCUT2D eigenvalue weighted by atomic mass is 19.3. The van der Waals surface area contributed by atoms with Crippen LogP contribution >= 0.6 is 0 Å². The van der Waals surface area contributed by atoms with Crippen LogP contribution in [-0.4, -0.2) is 0 Å². The lowest BCUT2D eigenvalue weighted by molar-refractivity contribution is 0.418. The molecule has 98 valence electrons. The molecule has 19 heavy (non-hydrogen) atoms. The molecule has 0 aromatic heterocycles. The Morgan fingerprint density at radius 2 is 1.53 bits per heavy atom. The van der Waals surface area contributed by atoms with Crippen molar-refractivity contribution in [3.63, 3.8) is 0 Å². The average Bonchev–Trinajstić information content (AvgIpc) is 2.38. The van der Waals surface area contributed by atoms with E-state index in [2.05, 4.69) is 0 Å². The van der Waals surface area contributed by atoms with Crippen LogP contribution in [0.15, 0.2) is 54.6 Å². The first-order chi connectivity index (χ1) is 9.06. The number of hydrogen-bond acceptors (Lipinski definition) is 0. The molecule has 0 bridgehead atoms. The van der Waals surface area contributed by atoms with Gasteiger partial charge in [-0.3, -0.25) is 0 Å². The first kappa shape index (κ1) is 13.3. The van der Waals surface area contributed by atoms with Gasteiger partial charge < -0.3 is 0 Å². The second-order valence-corrected chi connectivity index (χ2v) is 4.01. The van der Waals surface area contributed by atoms with Crippen molar-refractivity contribution in [1.29, 1.82) is 0 Å². The Morgan fingerprint density at radius 3 is 2.16 bits per heavy atom. The third kappa shape index (κ3) is 3.44. The summed E-state index contributed by atoms with van der Waals surface area (Å²) in [5.74, 6) is -0.879. The van der Waals surface area contributed by atoms with Crippen molar-refractivity contribution < 1.29 is 17.6 Å². The van der Waals surface area contributed by atoms with E-state index < -0.39 is 11.9 Å². The van der Waals surface area contributed by atoms with E-state index in [0.717, 1.165) is 6.08 Å². The number of allylic oxidation sites excluding steroid dienone is 1. The monoisotopic (exact) mass is 266 g/mol. The molecule has 4 heteroatoms.